The number of fused-ring (bicyclic) bond motifs is 1. The number of rotatable bonds is 5. The molecule has 0 spiro atoms. The van der Waals surface area contributed by atoms with Crippen LogP contribution in [0.2, 0.25) is 0 Å². The third kappa shape index (κ3) is 4.07. The lowest BCUT2D eigenvalue weighted by Crippen LogP contribution is -2.45. The molecular weight excluding hydrogens is 376 g/mol. The molecule has 1 heterocycles. The van der Waals surface area contributed by atoms with Crippen LogP contribution in [0, 0.1) is 11.8 Å². The van der Waals surface area contributed by atoms with Gasteiger partial charge < -0.3 is 14.5 Å². The largest absolute Gasteiger partial charge is 0.497 e. The molecule has 2 amide bonds. The maximum Gasteiger partial charge on any atom is 0.230 e. The Kier molecular flexibility index (Phi) is 6.07. The van der Waals surface area contributed by atoms with E-state index in [9.17, 15) is 9.59 Å². The molecule has 1 fully saturated rings. The monoisotopic (exact) mass is 406 g/mol. The summed E-state index contributed by atoms with van der Waals surface area (Å²) in [7, 11) is 3.48. The van der Waals surface area contributed by atoms with Crippen LogP contribution in [0.15, 0.2) is 48.5 Å². The van der Waals surface area contributed by atoms with Crippen LogP contribution in [0.4, 0.5) is 5.69 Å². The van der Waals surface area contributed by atoms with E-state index in [4.69, 9.17) is 4.74 Å². The zero-order chi connectivity index (χ0) is 21.1. The Morgan fingerprint density at radius 3 is 2.63 bits per heavy atom. The van der Waals surface area contributed by atoms with Crippen molar-refractivity contribution in [2.24, 2.45) is 11.8 Å². The third-order valence-electron chi connectivity index (χ3n) is 6.48. The van der Waals surface area contributed by atoms with E-state index in [2.05, 4.69) is 6.07 Å². The fourth-order valence-electron chi connectivity index (χ4n) is 4.90. The van der Waals surface area contributed by atoms with Crippen molar-refractivity contribution in [1.29, 1.82) is 0 Å². The van der Waals surface area contributed by atoms with Crippen LogP contribution in [-0.2, 0) is 22.6 Å². The van der Waals surface area contributed by atoms with E-state index in [1.165, 1.54) is 5.56 Å². The first-order valence-corrected chi connectivity index (χ1v) is 10.9. The van der Waals surface area contributed by atoms with Crippen LogP contribution in [-0.4, -0.2) is 37.4 Å². The van der Waals surface area contributed by atoms with Crippen molar-refractivity contribution in [3.05, 3.63) is 59.7 Å². The number of carbonyl (C=O) groups excluding carboxylic acids is 2. The van der Waals surface area contributed by atoms with Crippen molar-refractivity contribution in [1.82, 2.24) is 4.90 Å². The van der Waals surface area contributed by atoms with Gasteiger partial charge in [0.25, 0.3) is 0 Å². The number of hydrogen-bond acceptors (Lipinski definition) is 3. The van der Waals surface area contributed by atoms with Gasteiger partial charge in [-0.2, -0.15) is 0 Å². The van der Waals surface area contributed by atoms with Gasteiger partial charge in [0, 0.05) is 31.7 Å². The lowest BCUT2D eigenvalue weighted by molar-refractivity contribution is -0.142. The van der Waals surface area contributed by atoms with Gasteiger partial charge in [-0.25, -0.2) is 0 Å². The maximum atomic E-state index is 13.5. The molecule has 0 N–H and O–H groups in total. The van der Waals surface area contributed by atoms with E-state index in [1.54, 1.807) is 12.0 Å². The molecule has 0 bridgehead atoms. The predicted molar refractivity (Wildman–Crippen MR) is 117 cm³/mol. The Bertz CT molecular complexity index is 926. The van der Waals surface area contributed by atoms with Crippen molar-refractivity contribution in [3.8, 4) is 5.75 Å². The quantitative estimate of drug-likeness (QED) is 0.753. The molecule has 2 atom stereocenters. The second kappa shape index (κ2) is 8.90. The number of methoxy groups -OCH3 is 1. The SMILES string of the molecule is COc1cccc(CN(C)C(=O)C2CCCCC2C(=O)N2CCc3ccccc32)c1. The molecule has 1 aliphatic heterocycles. The molecular formula is C25H30N2O3. The van der Waals surface area contributed by atoms with E-state index < -0.39 is 0 Å². The first kappa shape index (κ1) is 20.5. The second-order valence-corrected chi connectivity index (χ2v) is 8.41. The van der Waals surface area contributed by atoms with Gasteiger partial charge >= 0.3 is 0 Å². The molecule has 0 aromatic heterocycles. The molecule has 0 radical (unpaired) electrons. The summed E-state index contributed by atoms with van der Waals surface area (Å²) in [5.41, 5.74) is 3.26. The van der Waals surface area contributed by atoms with Gasteiger partial charge in [0.1, 0.15) is 5.75 Å². The normalized spacial score (nSPS) is 20.5. The Labute approximate surface area is 178 Å². The Morgan fingerprint density at radius 1 is 1.07 bits per heavy atom. The molecule has 1 aliphatic carbocycles. The topological polar surface area (TPSA) is 49.9 Å². The van der Waals surface area contributed by atoms with E-state index in [0.717, 1.165) is 55.6 Å². The van der Waals surface area contributed by atoms with Crippen LogP contribution in [0.1, 0.15) is 36.8 Å². The molecule has 0 saturated heterocycles. The number of anilines is 1. The second-order valence-electron chi connectivity index (χ2n) is 8.41. The Balaban J connectivity index is 1.49. The summed E-state index contributed by atoms with van der Waals surface area (Å²) in [5.74, 6) is 0.502. The molecule has 2 aromatic carbocycles. The van der Waals surface area contributed by atoms with Crippen molar-refractivity contribution in [2.45, 2.75) is 38.6 Å². The highest BCUT2D eigenvalue weighted by Crippen LogP contribution is 2.36. The number of ether oxygens (including phenoxy) is 1. The van der Waals surface area contributed by atoms with Crippen LogP contribution in [0.3, 0.4) is 0 Å². The predicted octanol–water partition coefficient (Wildman–Crippen LogP) is 4.05. The summed E-state index contributed by atoms with van der Waals surface area (Å²) in [6.45, 7) is 1.23. The lowest BCUT2D eigenvalue weighted by Gasteiger charge is -2.35. The van der Waals surface area contributed by atoms with Gasteiger partial charge in [-0.15, -0.1) is 0 Å². The van der Waals surface area contributed by atoms with Gasteiger partial charge in [-0.05, 0) is 48.6 Å². The van der Waals surface area contributed by atoms with Gasteiger partial charge in [0.15, 0.2) is 0 Å². The number of hydrogen-bond donors (Lipinski definition) is 0. The average molecular weight is 407 g/mol. The van der Waals surface area contributed by atoms with Crippen molar-refractivity contribution < 1.29 is 14.3 Å². The minimum atomic E-state index is -0.241. The molecule has 2 unspecified atom stereocenters. The minimum absolute atomic E-state index is 0.0725. The highest BCUT2D eigenvalue weighted by molar-refractivity contribution is 5.99. The van der Waals surface area contributed by atoms with Crippen LogP contribution >= 0.6 is 0 Å². The fraction of sp³-hybridized carbons (Fsp3) is 0.440. The summed E-state index contributed by atoms with van der Waals surface area (Å²) in [4.78, 5) is 30.5. The van der Waals surface area contributed by atoms with E-state index >= 15 is 0 Å². The van der Waals surface area contributed by atoms with Crippen molar-refractivity contribution in [2.75, 3.05) is 25.6 Å². The average Bonchev–Trinajstić information content (AvgIpc) is 3.22. The van der Waals surface area contributed by atoms with Crippen LogP contribution < -0.4 is 9.64 Å². The minimum Gasteiger partial charge on any atom is -0.497 e. The van der Waals surface area contributed by atoms with Gasteiger partial charge in [-0.1, -0.05) is 43.2 Å². The fourth-order valence-corrected chi connectivity index (χ4v) is 4.90. The number of carbonyl (C=O) groups is 2. The molecule has 5 heteroatoms. The van der Waals surface area contributed by atoms with Crippen LogP contribution in [0.5, 0.6) is 5.75 Å². The number of para-hydroxylation sites is 1. The summed E-state index contributed by atoms with van der Waals surface area (Å²) in [6, 6.07) is 15.9. The van der Waals surface area contributed by atoms with E-state index in [0.29, 0.717) is 6.54 Å². The molecule has 4 rings (SSSR count). The zero-order valence-corrected chi connectivity index (χ0v) is 17.8. The number of amides is 2. The van der Waals surface area contributed by atoms with Crippen molar-refractivity contribution >= 4 is 17.5 Å². The summed E-state index contributed by atoms with van der Waals surface area (Å²) >= 11 is 0. The Morgan fingerprint density at radius 2 is 1.83 bits per heavy atom. The third-order valence-corrected chi connectivity index (χ3v) is 6.48. The van der Waals surface area contributed by atoms with Crippen LogP contribution in [0.25, 0.3) is 0 Å². The number of nitrogens with zero attached hydrogens (tertiary/aromatic N) is 2. The smallest absolute Gasteiger partial charge is 0.230 e. The van der Waals surface area contributed by atoms with E-state index in [-0.39, 0.29) is 23.7 Å². The molecule has 5 nitrogen and oxygen atoms in total. The van der Waals surface area contributed by atoms with Gasteiger partial charge in [0.2, 0.25) is 11.8 Å². The molecule has 158 valence electrons. The first-order chi connectivity index (χ1) is 14.6. The molecule has 2 aromatic rings. The summed E-state index contributed by atoms with van der Waals surface area (Å²) in [6.07, 6.45) is 4.48. The highest BCUT2D eigenvalue weighted by Gasteiger charge is 2.40. The number of benzene rings is 2. The molecule has 1 saturated carbocycles. The molecule has 30 heavy (non-hydrogen) atoms. The highest BCUT2D eigenvalue weighted by atomic mass is 16.5. The summed E-state index contributed by atoms with van der Waals surface area (Å²) < 4.78 is 5.29. The lowest BCUT2D eigenvalue weighted by atomic mass is 9.77. The maximum absolute atomic E-state index is 13.5. The zero-order valence-electron chi connectivity index (χ0n) is 17.8. The first-order valence-electron chi connectivity index (χ1n) is 10.9. The standard InChI is InChI=1S/C25H30N2O3/c1-26(17-18-8-7-10-20(16-18)30-2)24(28)21-11-4-5-12-22(21)25(29)27-15-14-19-9-3-6-13-23(19)27/h3,6-10,13,16,21-22H,4-5,11-12,14-15,17H2,1-2H3. The van der Waals surface area contributed by atoms with Gasteiger partial charge in [-0.3, -0.25) is 9.59 Å². The van der Waals surface area contributed by atoms with Gasteiger partial charge in [0.05, 0.1) is 13.0 Å². The van der Waals surface area contributed by atoms with Crippen molar-refractivity contribution in [3.63, 3.8) is 0 Å². The molecule has 2 aliphatic rings. The summed E-state index contributed by atoms with van der Waals surface area (Å²) in [5, 5.41) is 0. The van der Waals surface area contributed by atoms with E-state index in [1.807, 2.05) is 54.4 Å². The Hall–Kier alpha value is -2.82.